The van der Waals surface area contributed by atoms with Crippen LogP contribution < -0.4 is 5.73 Å². The standard InChI is InChI=1S/C12H16N6O/c1-4-8-5-14-9(19-8)6-18-11-10(15-12(18)13)7(2)16-17(11)3/h5H,4,6H2,1-3H3,(H2,13,15). The molecular weight excluding hydrogens is 244 g/mol. The smallest absolute Gasteiger partial charge is 0.214 e. The Morgan fingerprint density at radius 3 is 2.89 bits per heavy atom. The summed E-state index contributed by atoms with van der Waals surface area (Å²) in [4.78, 5) is 8.59. The number of aromatic nitrogens is 5. The Bertz CT molecular complexity index is 735. The summed E-state index contributed by atoms with van der Waals surface area (Å²) in [7, 11) is 1.87. The van der Waals surface area contributed by atoms with Crippen molar-refractivity contribution < 1.29 is 4.42 Å². The monoisotopic (exact) mass is 260 g/mol. The Balaban J connectivity index is 2.06. The normalized spacial score (nSPS) is 11.5. The summed E-state index contributed by atoms with van der Waals surface area (Å²) < 4.78 is 9.25. The second-order valence-corrected chi connectivity index (χ2v) is 4.51. The van der Waals surface area contributed by atoms with E-state index in [2.05, 4.69) is 15.1 Å². The third-order valence-electron chi connectivity index (χ3n) is 3.16. The molecule has 7 heteroatoms. The lowest BCUT2D eigenvalue weighted by atomic mass is 10.4. The second-order valence-electron chi connectivity index (χ2n) is 4.51. The van der Waals surface area contributed by atoms with E-state index in [0.29, 0.717) is 18.4 Å². The molecule has 100 valence electrons. The molecule has 0 atom stereocenters. The molecule has 0 saturated carbocycles. The molecule has 0 aromatic carbocycles. The number of aryl methyl sites for hydroxylation is 3. The average Bonchev–Trinajstić information content (AvgIpc) is 3.01. The van der Waals surface area contributed by atoms with E-state index in [1.165, 1.54) is 0 Å². The van der Waals surface area contributed by atoms with Gasteiger partial charge in [0.15, 0.2) is 5.65 Å². The van der Waals surface area contributed by atoms with E-state index in [4.69, 9.17) is 10.2 Å². The number of nitrogens with two attached hydrogens (primary N) is 1. The van der Waals surface area contributed by atoms with Gasteiger partial charge in [-0.25, -0.2) is 9.97 Å². The predicted octanol–water partition coefficient (Wildman–Crippen LogP) is 1.26. The van der Waals surface area contributed by atoms with Crippen molar-refractivity contribution in [3.8, 4) is 0 Å². The van der Waals surface area contributed by atoms with Crippen LogP contribution in [0.5, 0.6) is 0 Å². The molecule has 0 bridgehead atoms. The number of fused-ring (bicyclic) bond motifs is 1. The van der Waals surface area contributed by atoms with Crippen LogP contribution in [-0.4, -0.2) is 24.3 Å². The van der Waals surface area contributed by atoms with Crippen molar-refractivity contribution in [2.75, 3.05) is 5.73 Å². The third-order valence-corrected chi connectivity index (χ3v) is 3.16. The fourth-order valence-electron chi connectivity index (χ4n) is 2.23. The summed E-state index contributed by atoms with van der Waals surface area (Å²) >= 11 is 0. The summed E-state index contributed by atoms with van der Waals surface area (Å²) in [5, 5.41) is 4.34. The maximum absolute atomic E-state index is 5.96. The van der Waals surface area contributed by atoms with Gasteiger partial charge in [-0.15, -0.1) is 0 Å². The van der Waals surface area contributed by atoms with Gasteiger partial charge in [0, 0.05) is 13.5 Å². The van der Waals surface area contributed by atoms with Crippen molar-refractivity contribution in [2.45, 2.75) is 26.8 Å². The summed E-state index contributed by atoms with van der Waals surface area (Å²) in [6.07, 6.45) is 2.57. The van der Waals surface area contributed by atoms with Crippen LogP contribution in [0.3, 0.4) is 0 Å². The van der Waals surface area contributed by atoms with Crippen LogP contribution in [0, 0.1) is 6.92 Å². The summed E-state index contributed by atoms with van der Waals surface area (Å²) in [5.74, 6) is 1.94. The van der Waals surface area contributed by atoms with Gasteiger partial charge < -0.3 is 10.2 Å². The lowest BCUT2D eigenvalue weighted by molar-refractivity contribution is 0.448. The van der Waals surface area contributed by atoms with Crippen LogP contribution in [0.4, 0.5) is 5.95 Å². The van der Waals surface area contributed by atoms with E-state index in [0.717, 1.165) is 29.0 Å². The fraction of sp³-hybridized carbons (Fsp3) is 0.417. The summed E-state index contributed by atoms with van der Waals surface area (Å²) in [5.41, 5.74) is 8.53. The molecule has 0 aliphatic carbocycles. The Morgan fingerprint density at radius 1 is 1.42 bits per heavy atom. The van der Waals surface area contributed by atoms with Crippen molar-refractivity contribution in [1.82, 2.24) is 24.3 Å². The molecule has 3 heterocycles. The number of rotatable bonds is 3. The molecule has 0 unspecified atom stereocenters. The van der Waals surface area contributed by atoms with Gasteiger partial charge in [-0.1, -0.05) is 6.92 Å². The van der Waals surface area contributed by atoms with Gasteiger partial charge in [-0.3, -0.25) is 9.25 Å². The first-order valence-electron chi connectivity index (χ1n) is 6.19. The average molecular weight is 260 g/mol. The number of hydrogen-bond acceptors (Lipinski definition) is 5. The van der Waals surface area contributed by atoms with Gasteiger partial charge in [0.2, 0.25) is 11.8 Å². The molecule has 0 fully saturated rings. The number of nitrogen functional groups attached to an aromatic ring is 1. The van der Waals surface area contributed by atoms with Crippen LogP contribution in [-0.2, 0) is 20.0 Å². The van der Waals surface area contributed by atoms with Gasteiger partial charge in [-0.05, 0) is 6.92 Å². The van der Waals surface area contributed by atoms with E-state index in [1.807, 2.05) is 25.5 Å². The molecule has 3 aromatic rings. The number of oxazole rings is 1. The van der Waals surface area contributed by atoms with Crippen LogP contribution >= 0.6 is 0 Å². The highest BCUT2D eigenvalue weighted by Gasteiger charge is 2.17. The number of anilines is 1. The van der Waals surface area contributed by atoms with Crippen molar-refractivity contribution in [1.29, 1.82) is 0 Å². The van der Waals surface area contributed by atoms with E-state index in [-0.39, 0.29) is 0 Å². The fourth-order valence-corrected chi connectivity index (χ4v) is 2.23. The van der Waals surface area contributed by atoms with Crippen LogP contribution in [0.15, 0.2) is 10.6 Å². The highest BCUT2D eigenvalue weighted by Crippen LogP contribution is 2.21. The Hall–Kier alpha value is -2.31. The van der Waals surface area contributed by atoms with Crippen molar-refractivity contribution in [2.24, 2.45) is 7.05 Å². The van der Waals surface area contributed by atoms with E-state index < -0.39 is 0 Å². The third kappa shape index (κ3) is 1.78. The summed E-state index contributed by atoms with van der Waals surface area (Å²) in [6.45, 7) is 4.40. The minimum atomic E-state index is 0.447. The zero-order chi connectivity index (χ0) is 13.6. The highest BCUT2D eigenvalue weighted by atomic mass is 16.4. The molecule has 0 saturated heterocycles. The first kappa shape index (κ1) is 11.8. The number of imidazole rings is 1. The van der Waals surface area contributed by atoms with Crippen molar-refractivity contribution >= 4 is 17.1 Å². The molecule has 19 heavy (non-hydrogen) atoms. The Kier molecular flexibility index (Phi) is 2.55. The zero-order valence-electron chi connectivity index (χ0n) is 11.2. The van der Waals surface area contributed by atoms with Crippen molar-refractivity contribution in [3.63, 3.8) is 0 Å². The molecule has 2 N–H and O–H groups in total. The largest absolute Gasteiger partial charge is 0.444 e. The van der Waals surface area contributed by atoms with Crippen LogP contribution in [0.1, 0.15) is 24.3 Å². The van der Waals surface area contributed by atoms with Crippen LogP contribution in [0.25, 0.3) is 11.2 Å². The number of nitrogens with zero attached hydrogens (tertiary/aromatic N) is 5. The molecule has 0 aliphatic heterocycles. The van der Waals surface area contributed by atoms with Gasteiger partial charge in [0.1, 0.15) is 17.8 Å². The molecular formula is C12H16N6O. The Morgan fingerprint density at radius 2 is 2.21 bits per heavy atom. The molecule has 7 nitrogen and oxygen atoms in total. The SMILES string of the molecule is CCc1cnc(Cn2c(N)nc3c(C)nn(C)c32)o1. The lowest BCUT2D eigenvalue weighted by Crippen LogP contribution is -2.08. The summed E-state index contributed by atoms with van der Waals surface area (Å²) in [6, 6.07) is 0. The minimum Gasteiger partial charge on any atom is -0.444 e. The minimum absolute atomic E-state index is 0.447. The Labute approximate surface area is 110 Å². The van der Waals surface area contributed by atoms with Crippen molar-refractivity contribution in [3.05, 3.63) is 23.5 Å². The lowest BCUT2D eigenvalue weighted by Gasteiger charge is -2.03. The first-order chi connectivity index (χ1) is 9.10. The van der Waals surface area contributed by atoms with Gasteiger partial charge in [0.05, 0.1) is 11.9 Å². The zero-order valence-corrected chi connectivity index (χ0v) is 11.2. The van der Waals surface area contributed by atoms with Gasteiger partial charge >= 0.3 is 0 Å². The molecule has 0 aliphatic rings. The predicted molar refractivity (Wildman–Crippen MR) is 70.6 cm³/mol. The number of hydrogen-bond donors (Lipinski definition) is 1. The van der Waals surface area contributed by atoms with Gasteiger partial charge in [0.25, 0.3) is 0 Å². The maximum atomic E-state index is 5.96. The van der Waals surface area contributed by atoms with E-state index >= 15 is 0 Å². The van der Waals surface area contributed by atoms with E-state index in [9.17, 15) is 0 Å². The molecule has 3 rings (SSSR count). The van der Waals surface area contributed by atoms with E-state index in [1.54, 1.807) is 10.9 Å². The maximum Gasteiger partial charge on any atom is 0.214 e. The first-order valence-corrected chi connectivity index (χ1v) is 6.19. The molecule has 0 amide bonds. The molecule has 0 radical (unpaired) electrons. The molecule has 0 spiro atoms. The quantitative estimate of drug-likeness (QED) is 0.766. The van der Waals surface area contributed by atoms with Gasteiger partial charge in [-0.2, -0.15) is 5.10 Å². The molecule has 3 aromatic heterocycles. The van der Waals surface area contributed by atoms with Crippen LogP contribution in [0.2, 0.25) is 0 Å². The highest BCUT2D eigenvalue weighted by molar-refractivity contribution is 5.77. The second kappa shape index (κ2) is 4.11. The topological polar surface area (TPSA) is 87.7 Å².